The highest BCUT2D eigenvalue weighted by Crippen LogP contribution is 2.22. The van der Waals surface area contributed by atoms with Gasteiger partial charge in [0.15, 0.2) is 0 Å². The topological polar surface area (TPSA) is 9.23 Å². The standard InChI is InChI=1S/C9H14O.C7H14.C7H16.C3H8S.C2H6/c1-5-8(3)7-9(6-2)10-4;1-7-5-3-2-4-6-7;1-3-5-7-6-4-2;1-3-4-2;1-2/h5-7H,1H2,2-4H3;7H,2-6H2,1H3;3-7H2,1-2H3;3H2,1-2H3;1-2H3/b8-7-,9-6+;;;;. The Morgan fingerprint density at radius 1 is 1.00 bits per heavy atom. The third kappa shape index (κ3) is 38.0. The molecule has 1 fully saturated rings. The summed E-state index contributed by atoms with van der Waals surface area (Å²) in [5, 5.41) is 0. The number of hydrogen-bond donors (Lipinski definition) is 0. The molecule has 0 unspecified atom stereocenters. The fourth-order valence-electron chi connectivity index (χ4n) is 2.53. The molecule has 0 N–H and O–H groups in total. The van der Waals surface area contributed by atoms with Crippen LogP contribution in [0, 0.1) is 5.92 Å². The summed E-state index contributed by atoms with van der Waals surface area (Å²) in [4.78, 5) is 0. The molecule has 1 rings (SSSR count). The molecule has 0 spiro atoms. The zero-order valence-corrected chi connectivity index (χ0v) is 23.4. The van der Waals surface area contributed by atoms with Crippen molar-refractivity contribution in [3.05, 3.63) is 36.1 Å². The van der Waals surface area contributed by atoms with Crippen molar-refractivity contribution < 1.29 is 4.74 Å². The van der Waals surface area contributed by atoms with Gasteiger partial charge in [-0.2, -0.15) is 11.8 Å². The molecule has 1 saturated carbocycles. The molecule has 0 aliphatic heterocycles. The van der Waals surface area contributed by atoms with Crippen LogP contribution in [-0.2, 0) is 4.74 Å². The molecule has 0 aromatic carbocycles. The van der Waals surface area contributed by atoms with Crippen molar-refractivity contribution in [2.75, 3.05) is 19.1 Å². The number of rotatable bonds is 8. The van der Waals surface area contributed by atoms with Crippen LogP contribution < -0.4 is 0 Å². The van der Waals surface area contributed by atoms with Crippen LogP contribution in [0.2, 0.25) is 0 Å². The van der Waals surface area contributed by atoms with Gasteiger partial charge >= 0.3 is 0 Å². The van der Waals surface area contributed by atoms with Crippen LogP contribution in [-0.4, -0.2) is 19.1 Å². The smallest absolute Gasteiger partial charge is 0.114 e. The average Bonchev–Trinajstić information content (AvgIpc) is 2.80. The van der Waals surface area contributed by atoms with Crippen LogP contribution >= 0.6 is 11.8 Å². The van der Waals surface area contributed by atoms with Crippen molar-refractivity contribution in [3.63, 3.8) is 0 Å². The normalized spacial score (nSPS) is 13.7. The van der Waals surface area contributed by atoms with Crippen LogP contribution in [0.15, 0.2) is 36.1 Å². The molecular weight excluding hydrogens is 384 g/mol. The van der Waals surface area contributed by atoms with Gasteiger partial charge in [-0.25, -0.2) is 0 Å². The minimum atomic E-state index is 0.873. The first kappa shape index (κ1) is 36.7. The monoisotopic (exact) mass is 442 g/mol. The molecule has 1 aliphatic carbocycles. The summed E-state index contributed by atoms with van der Waals surface area (Å²) in [5.74, 6) is 3.14. The van der Waals surface area contributed by atoms with E-state index in [1.165, 1.54) is 70.0 Å². The molecule has 1 aliphatic rings. The van der Waals surface area contributed by atoms with Gasteiger partial charge in [-0.3, -0.25) is 0 Å². The van der Waals surface area contributed by atoms with Crippen LogP contribution in [0.1, 0.15) is 120 Å². The lowest BCUT2D eigenvalue weighted by Crippen LogP contribution is -1.99. The van der Waals surface area contributed by atoms with Gasteiger partial charge in [0.05, 0.1) is 7.11 Å². The zero-order valence-electron chi connectivity index (χ0n) is 22.6. The second kappa shape index (κ2) is 35.8. The molecule has 1 nitrogen and oxygen atoms in total. The van der Waals surface area contributed by atoms with Crippen LogP contribution in [0.5, 0.6) is 0 Å². The van der Waals surface area contributed by atoms with Crippen molar-refractivity contribution in [1.82, 2.24) is 0 Å². The van der Waals surface area contributed by atoms with Crippen LogP contribution in [0.4, 0.5) is 0 Å². The number of unbranched alkanes of at least 4 members (excludes halogenated alkanes) is 4. The fourth-order valence-corrected chi connectivity index (χ4v) is 2.53. The lowest BCUT2D eigenvalue weighted by atomic mass is 9.91. The van der Waals surface area contributed by atoms with Gasteiger partial charge in [-0.1, -0.05) is 118 Å². The van der Waals surface area contributed by atoms with E-state index in [0.717, 1.165) is 17.3 Å². The number of methoxy groups -OCH3 is 1. The predicted molar refractivity (Wildman–Crippen MR) is 147 cm³/mol. The minimum Gasteiger partial charge on any atom is -0.497 e. The van der Waals surface area contributed by atoms with Gasteiger partial charge in [0.25, 0.3) is 0 Å². The Morgan fingerprint density at radius 3 is 1.70 bits per heavy atom. The summed E-state index contributed by atoms with van der Waals surface area (Å²) >= 11 is 1.86. The second-order valence-corrected chi connectivity index (χ2v) is 8.52. The maximum Gasteiger partial charge on any atom is 0.114 e. The minimum absolute atomic E-state index is 0.873. The molecule has 0 radical (unpaired) electrons. The third-order valence-corrected chi connectivity index (χ3v) is 5.18. The number of allylic oxidation sites excluding steroid dienone is 4. The molecule has 0 bridgehead atoms. The summed E-state index contributed by atoms with van der Waals surface area (Å²) in [6, 6.07) is 0. The van der Waals surface area contributed by atoms with Crippen molar-refractivity contribution in [2.45, 2.75) is 120 Å². The Labute approximate surface area is 197 Å². The van der Waals surface area contributed by atoms with Crippen LogP contribution in [0.3, 0.4) is 0 Å². The molecule has 30 heavy (non-hydrogen) atoms. The van der Waals surface area contributed by atoms with E-state index >= 15 is 0 Å². The third-order valence-electron chi connectivity index (χ3n) is 4.60. The van der Waals surface area contributed by atoms with Crippen molar-refractivity contribution in [1.29, 1.82) is 0 Å². The zero-order chi connectivity index (χ0) is 24.0. The summed E-state index contributed by atoms with van der Waals surface area (Å²) in [7, 11) is 1.65. The summed E-state index contributed by atoms with van der Waals surface area (Å²) < 4.78 is 5.01. The van der Waals surface area contributed by atoms with Gasteiger partial charge in [-0.05, 0) is 49.5 Å². The van der Waals surface area contributed by atoms with Gasteiger partial charge in [0, 0.05) is 0 Å². The van der Waals surface area contributed by atoms with E-state index in [0.29, 0.717) is 0 Å². The molecule has 0 atom stereocenters. The summed E-state index contributed by atoms with van der Waals surface area (Å²) in [5.41, 5.74) is 1.11. The number of thioether (sulfide) groups is 1. The first-order valence-corrected chi connectivity index (χ1v) is 13.9. The largest absolute Gasteiger partial charge is 0.497 e. The Kier molecular flexibility index (Phi) is 43.8. The predicted octanol–water partition coefficient (Wildman–Crippen LogP) is 10.6. The Hall–Kier alpha value is -0.630. The SMILES string of the molecule is C=C/C(C)=C\C(=C/C)OC.CC.CC1CCCCC1.CCCCCCC.CCSC. The lowest BCUT2D eigenvalue weighted by molar-refractivity contribution is 0.306. The maximum atomic E-state index is 5.01. The highest BCUT2D eigenvalue weighted by Gasteiger charge is 2.05. The Bertz CT molecular complexity index is 346. The van der Waals surface area contributed by atoms with E-state index < -0.39 is 0 Å². The highest BCUT2D eigenvalue weighted by molar-refractivity contribution is 7.98. The molecule has 2 heteroatoms. The van der Waals surface area contributed by atoms with Gasteiger partial charge in [0.2, 0.25) is 0 Å². The molecule has 0 aromatic rings. The van der Waals surface area contributed by atoms with E-state index in [4.69, 9.17) is 4.74 Å². The number of hydrogen-bond acceptors (Lipinski definition) is 2. The van der Waals surface area contributed by atoms with Gasteiger partial charge in [-0.15, -0.1) is 0 Å². The van der Waals surface area contributed by atoms with Gasteiger partial charge in [0.1, 0.15) is 5.76 Å². The van der Waals surface area contributed by atoms with E-state index in [9.17, 15) is 0 Å². The summed E-state index contributed by atoms with van der Waals surface area (Å²) in [6.45, 7) is 20.5. The van der Waals surface area contributed by atoms with E-state index in [2.05, 4.69) is 40.5 Å². The van der Waals surface area contributed by atoms with E-state index in [1.807, 2.05) is 51.6 Å². The van der Waals surface area contributed by atoms with E-state index in [-0.39, 0.29) is 0 Å². The fraction of sp³-hybridized carbons (Fsp3) is 0.786. The van der Waals surface area contributed by atoms with Crippen molar-refractivity contribution >= 4 is 11.8 Å². The van der Waals surface area contributed by atoms with Crippen molar-refractivity contribution in [3.8, 4) is 0 Å². The number of ether oxygens (including phenoxy) is 1. The van der Waals surface area contributed by atoms with Gasteiger partial charge < -0.3 is 4.74 Å². The molecule has 0 amide bonds. The second-order valence-electron chi connectivity index (χ2n) is 7.37. The highest BCUT2D eigenvalue weighted by atomic mass is 32.2. The molecular formula is C28H58OS. The lowest BCUT2D eigenvalue weighted by Gasteiger charge is -2.15. The Balaban J connectivity index is -0.000000152. The summed E-state index contributed by atoms with van der Waals surface area (Å²) in [6.07, 6.45) is 22.2. The molecule has 182 valence electrons. The van der Waals surface area contributed by atoms with Crippen molar-refractivity contribution in [2.24, 2.45) is 5.92 Å². The molecule has 0 heterocycles. The van der Waals surface area contributed by atoms with E-state index in [1.54, 1.807) is 13.2 Å². The molecule has 0 aromatic heterocycles. The van der Waals surface area contributed by atoms with Crippen LogP contribution in [0.25, 0.3) is 0 Å². The first-order valence-electron chi connectivity index (χ1n) is 12.5. The maximum absolute atomic E-state index is 5.01. The first-order chi connectivity index (χ1) is 14.5. The Morgan fingerprint density at radius 2 is 1.47 bits per heavy atom. The quantitative estimate of drug-likeness (QED) is 0.210. The molecule has 0 saturated heterocycles. The average molecular weight is 443 g/mol.